The first-order chi connectivity index (χ1) is 8.70. The van der Waals surface area contributed by atoms with Gasteiger partial charge in [0.05, 0.1) is 4.90 Å². The van der Waals surface area contributed by atoms with Crippen LogP contribution in [0.1, 0.15) is 24.3 Å². The number of rotatable bonds is 6. The number of aliphatic carboxylic acids is 2. The van der Waals surface area contributed by atoms with Gasteiger partial charge in [0.25, 0.3) is 9.05 Å². The van der Waals surface area contributed by atoms with E-state index >= 15 is 0 Å². The molecule has 6 nitrogen and oxygen atoms in total. The van der Waals surface area contributed by atoms with Gasteiger partial charge in [-0.2, -0.15) is 0 Å². The van der Waals surface area contributed by atoms with E-state index in [0.717, 1.165) is 0 Å². The monoisotopic (exact) mass is 304 g/mol. The lowest BCUT2D eigenvalue weighted by molar-refractivity contribution is -0.308. The van der Waals surface area contributed by atoms with E-state index in [1.165, 1.54) is 24.3 Å². The zero-order valence-electron chi connectivity index (χ0n) is 9.54. The number of halogens is 1. The fraction of sp³-hybridized carbons (Fsp3) is 0.273. The van der Waals surface area contributed by atoms with Crippen molar-refractivity contribution < 1.29 is 28.2 Å². The van der Waals surface area contributed by atoms with Crippen molar-refractivity contribution in [3.05, 3.63) is 29.8 Å². The zero-order valence-corrected chi connectivity index (χ0v) is 11.1. The summed E-state index contributed by atoms with van der Waals surface area (Å²) in [6.07, 6.45) is -0.998. The molecule has 0 saturated carbocycles. The van der Waals surface area contributed by atoms with Gasteiger partial charge in [-0.05, 0) is 36.5 Å². The SMILES string of the molecule is O=C([O-])CC(CC(=O)[O-])c1ccc(S(=O)(=O)Cl)cc1. The van der Waals surface area contributed by atoms with Crippen molar-refractivity contribution >= 4 is 31.7 Å². The van der Waals surface area contributed by atoms with Crippen LogP contribution in [0, 0.1) is 0 Å². The molecule has 8 heteroatoms. The molecule has 0 heterocycles. The van der Waals surface area contributed by atoms with E-state index in [9.17, 15) is 28.2 Å². The first-order valence-electron chi connectivity index (χ1n) is 5.14. The Morgan fingerprint density at radius 1 is 1.05 bits per heavy atom. The maximum Gasteiger partial charge on any atom is 0.261 e. The first-order valence-corrected chi connectivity index (χ1v) is 7.45. The van der Waals surface area contributed by atoms with Crippen LogP contribution in [0.25, 0.3) is 0 Å². The van der Waals surface area contributed by atoms with E-state index in [0.29, 0.717) is 5.56 Å². The third kappa shape index (κ3) is 4.88. The van der Waals surface area contributed by atoms with Gasteiger partial charge < -0.3 is 19.8 Å². The third-order valence-electron chi connectivity index (χ3n) is 2.46. The van der Waals surface area contributed by atoms with Gasteiger partial charge in [0.1, 0.15) is 0 Å². The van der Waals surface area contributed by atoms with Crippen LogP contribution in [-0.2, 0) is 18.6 Å². The molecule has 0 aliphatic carbocycles. The van der Waals surface area contributed by atoms with Crippen LogP contribution >= 0.6 is 10.7 Å². The first kappa shape index (κ1) is 15.5. The summed E-state index contributed by atoms with van der Waals surface area (Å²) in [6, 6.07) is 4.97. The lowest BCUT2D eigenvalue weighted by atomic mass is 9.93. The van der Waals surface area contributed by atoms with Gasteiger partial charge >= 0.3 is 0 Å². The molecule has 0 atom stereocenters. The van der Waals surface area contributed by atoms with E-state index in [1.807, 2.05) is 0 Å². The van der Waals surface area contributed by atoms with Crippen LogP contribution in [0.15, 0.2) is 29.2 Å². The fourth-order valence-electron chi connectivity index (χ4n) is 1.61. The van der Waals surface area contributed by atoms with Crippen molar-refractivity contribution in [1.82, 2.24) is 0 Å². The number of hydrogen-bond acceptors (Lipinski definition) is 6. The number of carbonyl (C=O) groups excluding carboxylic acids is 2. The predicted octanol–water partition coefficient (Wildman–Crippen LogP) is -1.02. The topological polar surface area (TPSA) is 114 Å². The average molecular weight is 305 g/mol. The Hall–Kier alpha value is -1.60. The van der Waals surface area contributed by atoms with E-state index in [4.69, 9.17) is 10.7 Å². The second kappa shape index (κ2) is 6.03. The van der Waals surface area contributed by atoms with Crippen molar-refractivity contribution in [2.45, 2.75) is 23.7 Å². The van der Waals surface area contributed by atoms with Crippen LogP contribution in [0.2, 0.25) is 0 Å². The molecular formula is C11H9ClO6S-2. The minimum Gasteiger partial charge on any atom is -0.550 e. The van der Waals surface area contributed by atoms with Gasteiger partial charge in [-0.3, -0.25) is 0 Å². The smallest absolute Gasteiger partial charge is 0.261 e. The maximum atomic E-state index is 11.0. The lowest BCUT2D eigenvalue weighted by Gasteiger charge is -2.18. The highest BCUT2D eigenvalue weighted by Crippen LogP contribution is 2.25. The number of hydrogen-bond donors (Lipinski definition) is 0. The zero-order chi connectivity index (χ0) is 14.6. The fourth-order valence-corrected chi connectivity index (χ4v) is 2.38. The van der Waals surface area contributed by atoms with E-state index < -0.39 is 39.7 Å². The number of benzene rings is 1. The second-order valence-corrected chi connectivity index (χ2v) is 6.42. The third-order valence-corrected chi connectivity index (χ3v) is 3.83. The van der Waals surface area contributed by atoms with Crippen molar-refractivity contribution in [2.24, 2.45) is 0 Å². The van der Waals surface area contributed by atoms with Gasteiger partial charge in [0, 0.05) is 22.6 Å². The Bertz CT molecular complexity index is 562. The molecule has 1 aromatic carbocycles. The molecule has 1 aromatic rings. The summed E-state index contributed by atoms with van der Waals surface area (Å²) >= 11 is 0. The van der Waals surface area contributed by atoms with Crippen LogP contribution in [0.4, 0.5) is 0 Å². The molecule has 0 bridgehead atoms. The summed E-state index contributed by atoms with van der Waals surface area (Å²) in [4.78, 5) is 20.9. The number of carboxylic acid groups (broad SMARTS) is 2. The highest BCUT2D eigenvalue weighted by molar-refractivity contribution is 8.13. The number of carboxylic acids is 2. The summed E-state index contributed by atoms with van der Waals surface area (Å²) in [5, 5.41) is 21.1. The molecule has 0 aliphatic heterocycles. The largest absolute Gasteiger partial charge is 0.550 e. The molecule has 0 amide bonds. The van der Waals surface area contributed by atoms with Crippen LogP contribution in [0.5, 0.6) is 0 Å². The molecule has 104 valence electrons. The molecule has 1 rings (SSSR count). The highest BCUT2D eigenvalue weighted by Gasteiger charge is 2.15. The molecule has 19 heavy (non-hydrogen) atoms. The van der Waals surface area contributed by atoms with Crippen molar-refractivity contribution in [3.63, 3.8) is 0 Å². The lowest BCUT2D eigenvalue weighted by Crippen LogP contribution is -2.29. The molecule has 0 aromatic heterocycles. The molecule has 0 saturated heterocycles. The van der Waals surface area contributed by atoms with Crippen molar-refractivity contribution in [1.29, 1.82) is 0 Å². The van der Waals surface area contributed by atoms with Gasteiger partial charge in [0.15, 0.2) is 0 Å². The summed E-state index contributed by atoms with van der Waals surface area (Å²) in [5.41, 5.74) is 0.359. The quantitative estimate of drug-likeness (QED) is 0.621. The van der Waals surface area contributed by atoms with Crippen molar-refractivity contribution in [2.75, 3.05) is 0 Å². The van der Waals surface area contributed by atoms with E-state index in [-0.39, 0.29) is 4.90 Å². The summed E-state index contributed by atoms with van der Waals surface area (Å²) in [5.74, 6) is -3.65. The van der Waals surface area contributed by atoms with E-state index in [2.05, 4.69) is 0 Å². The molecular weight excluding hydrogens is 296 g/mol. The maximum absolute atomic E-state index is 11.0. The Morgan fingerprint density at radius 2 is 1.47 bits per heavy atom. The Kier molecular flexibility index (Phi) is 4.90. The van der Waals surface area contributed by atoms with Crippen molar-refractivity contribution in [3.8, 4) is 0 Å². The minimum atomic E-state index is -3.88. The Labute approximate surface area is 114 Å². The minimum absolute atomic E-state index is 0.154. The van der Waals surface area contributed by atoms with Gasteiger partial charge in [0.2, 0.25) is 0 Å². The predicted molar refractivity (Wildman–Crippen MR) is 61.5 cm³/mol. The molecule has 0 fully saturated rings. The second-order valence-electron chi connectivity index (χ2n) is 3.86. The van der Waals surface area contributed by atoms with Gasteiger partial charge in [-0.25, -0.2) is 8.42 Å². The molecule has 0 spiro atoms. The summed E-state index contributed by atoms with van der Waals surface area (Å²) in [6.45, 7) is 0. The van der Waals surface area contributed by atoms with Crippen LogP contribution < -0.4 is 10.2 Å². The molecule has 0 unspecified atom stereocenters. The summed E-state index contributed by atoms with van der Waals surface area (Å²) in [7, 11) is 1.25. The normalized spacial score (nSPS) is 11.5. The van der Waals surface area contributed by atoms with Crippen LogP contribution in [0.3, 0.4) is 0 Å². The molecule has 0 N–H and O–H groups in total. The molecule has 0 radical (unpaired) electrons. The summed E-state index contributed by atoms with van der Waals surface area (Å²) < 4.78 is 22.1. The van der Waals surface area contributed by atoms with E-state index in [1.54, 1.807) is 0 Å². The molecule has 0 aliphatic rings. The van der Waals surface area contributed by atoms with Gasteiger partial charge in [-0.1, -0.05) is 12.1 Å². The average Bonchev–Trinajstić information content (AvgIpc) is 2.26. The van der Waals surface area contributed by atoms with Crippen LogP contribution in [-0.4, -0.2) is 20.4 Å². The van der Waals surface area contributed by atoms with Gasteiger partial charge in [-0.15, -0.1) is 0 Å². The Morgan fingerprint density at radius 3 is 1.79 bits per heavy atom. The standard InChI is InChI=1S/C11H11ClO6S/c12-19(17,18)9-3-1-7(2-4-9)8(5-10(13)14)6-11(15)16/h1-4,8H,5-6H2,(H,13,14)(H,15,16)/p-2. The highest BCUT2D eigenvalue weighted by atomic mass is 35.7. The number of carbonyl (C=O) groups is 2. The Balaban J connectivity index is 3.03.